The fourth-order valence-electron chi connectivity index (χ4n) is 1.71. The van der Waals surface area contributed by atoms with E-state index in [0.717, 1.165) is 17.4 Å². The first-order valence-corrected chi connectivity index (χ1v) is 7.30. The van der Waals surface area contributed by atoms with Crippen molar-refractivity contribution in [2.24, 2.45) is 5.73 Å². The number of benzene rings is 1. The molecule has 0 atom stereocenters. The molecule has 7 heteroatoms. The molecule has 2 amide bonds. The van der Waals surface area contributed by atoms with Gasteiger partial charge in [0.25, 0.3) is 0 Å². The Morgan fingerprint density at radius 2 is 1.95 bits per heavy atom. The monoisotopic (exact) mass is 307 g/mol. The summed E-state index contributed by atoms with van der Waals surface area (Å²) in [5.74, 6) is -1.30. The maximum Gasteiger partial charge on any atom is 0.234 e. The van der Waals surface area contributed by atoms with Gasteiger partial charge in [0.15, 0.2) is 0 Å². The van der Waals surface area contributed by atoms with Gasteiger partial charge in [-0.05, 0) is 30.3 Å². The summed E-state index contributed by atoms with van der Waals surface area (Å²) in [4.78, 5) is 22.3. The maximum atomic E-state index is 13.7. The smallest absolute Gasteiger partial charge is 0.234 e. The summed E-state index contributed by atoms with van der Waals surface area (Å²) >= 11 is 1.08. The van der Waals surface area contributed by atoms with E-state index in [2.05, 4.69) is 5.32 Å². The molecule has 1 heterocycles. The van der Waals surface area contributed by atoms with Crippen molar-refractivity contribution in [3.63, 3.8) is 0 Å². The van der Waals surface area contributed by atoms with Crippen LogP contribution < -0.4 is 11.1 Å². The Hall–Kier alpha value is -2.28. The number of hydrogen-bond donors (Lipinski definition) is 2. The predicted molar refractivity (Wildman–Crippen MR) is 80.9 cm³/mol. The molecule has 0 saturated carbocycles. The molecule has 0 fully saturated rings. The van der Waals surface area contributed by atoms with Crippen molar-refractivity contribution < 1.29 is 14.0 Å². The Bertz CT molecular complexity index is 644. The zero-order chi connectivity index (χ0) is 15.2. The van der Waals surface area contributed by atoms with Crippen molar-refractivity contribution in [2.45, 2.75) is 0 Å². The zero-order valence-corrected chi connectivity index (χ0v) is 11.9. The van der Waals surface area contributed by atoms with E-state index in [1.165, 1.54) is 6.07 Å². The minimum absolute atomic E-state index is 0.0378. The number of carbonyl (C=O) groups is 2. The fourth-order valence-corrected chi connectivity index (χ4v) is 2.27. The van der Waals surface area contributed by atoms with Gasteiger partial charge in [-0.2, -0.15) is 0 Å². The molecule has 0 radical (unpaired) electrons. The molecule has 21 heavy (non-hydrogen) atoms. The van der Waals surface area contributed by atoms with Crippen LogP contribution in [0.15, 0.2) is 42.7 Å². The summed E-state index contributed by atoms with van der Waals surface area (Å²) in [7, 11) is 0. The summed E-state index contributed by atoms with van der Waals surface area (Å²) in [5.41, 5.74) is 5.82. The van der Waals surface area contributed by atoms with Gasteiger partial charge in [-0.1, -0.05) is 0 Å². The Morgan fingerprint density at radius 3 is 2.62 bits per heavy atom. The second-order valence-electron chi connectivity index (χ2n) is 4.26. The number of aromatic nitrogens is 1. The molecule has 0 unspecified atom stereocenters. The SMILES string of the molecule is NC(=O)CSCC(=O)Nc1cc(-n2cccc2)ccc1F. The third kappa shape index (κ3) is 4.35. The van der Waals surface area contributed by atoms with Crippen LogP contribution in [0.3, 0.4) is 0 Å². The van der Waals surface area contributed by atoms with E-state index in [1.807, 2.05) is 24.5 Å². The highest BCUT2D eigenvalue weighted by Gasteiger charge is 2.09. The molecular weight excluding hydrogens is 293 g/mol. The molecule has 0 aliphatic rings. The van der Waals surface area contributed by atoms with E-state index >= 15 is 0 Å². The Morgan fingerprint density at radius 1 is 1.24 bits per heavy atom. The quantitative estimate of drug-likeness (QED) is 0.854. The zero-order valence-electron chi connectivity index (χ0n) is 11.1. The lowest BCUT2D eigenvalue weighted by Crippen LogP contribution is -2.19. The molecule has 1 aromatic carbocycles. The van der Waals surface area contributed by atoms with Crippen LogP contribution in [-0.2, 0) is 9.59 Å². The van der Waals surface area contributed by atoms with Gasteiger partial charge < -0.3 is 15.6 Å². The highest BCUT2D eigenvalue weighted by molar-refractivity contribution is 8.00. The molecule has 0 spiro atoms. The number of halogens is 1. The third-order valence-electron chi connectivity index (χ3n) is 2.60. The molecule has 0 aliphatic carbocycles. The van der Waals surface area contributed by atoms with Crippen molar-refractivity contribution in [3.05, 3.63) is 48.5 Å². The molecule has 2 aromatic rings. The lowest BCUT2D eigenvalue weighted by molar-refractivity contribution is -0.115. The van der Waals surface area contributed by atoms with Gasteiger partial charge in [0, 0.05) is 18.1 Å². The average Bonchev–Trinajstić information content (AvgIpc) is 2.95. The summed E-state index contributed by atoms with van der Waals surface area (Å²) in [5, 5.41) is 2.49. The van der Waals surface area contributed by atoms with Crippen molar-refractivity contribution >= 4 is 29.3 Å². The fraction of sp³-hybridized carbons (Fsp3) is 0.143. The standard InChI is InChI=1S/C14H14FN3O2S/c15-11-4-3-10(18-5-1-2-6-18)7-12(11)17-14(20)9-21-8-13(16)19/h1-7H,8-9H2,(H2,16,19)(H,17,20). The number of nitrogens with two attached hydrogens (primary N) is 1. The molecule has 1 aromatic heterocycles. The largest absolute Gasteiger partial charge is 0.369 e. The molecule has 0 saturated heterocycles. The number of carbonyl (C=O) groups excluding carboxylic acids is 2. The van der Waals surface area contributed by atoms with Crippen molar-refractivity contribution in [1.82, 2.24) is 4.57 Å². The van der Waals surface area contributed by atoms with E-state index in [-0.39, 0.29) is 23.1 Å². The molecule has 5 nitrogen and oxygen atoms in total. The highest BCUT2D eigenvalue weighted by Crippen LogP contribution is 2.19. The maximum absolute atomic E-state index is 13.7. The van der Waals surface area contributed by atoms with Gasteiger partial charge in [0.05, 0.1) is 17.2 Å². The lowest BCUT2D eigenvalue weighted by Gasteiger charge is -2.09. The first-order chi connectivity index (χ1) is 10.1. The van der Waals surface area contributed by atoms with E-state index < -0.39 is 11.7 Å². The first-order valence-electron chi connectivity index (χ1n) is 6.15. The minimum Gasteiger partial charge on any atom is -0.369 e. The number of amides is 2. The van der Waals surface area contributed by atoms with Crippen LogP contribution >= 0.6 is 11.8 Å². The van der Waals surface area contributed by atoms with Gasteiger partial charge in [-0.25, -0.2) is 4.39 Å². The van der Waals surface area contributed by atoms with Gasteiger partial charge in [0.2, 0.25) is 11.8 Å². The number of thioether (sulfide) groups is 1. The molecule has 2 rings (SSSR count). The number of rotatable bonds is 6. The first kappa shape index (κ1) is 15.1. The highest BCUT2D eigenvalue weighted by atomic mass is 32.2. The van der Waals surface area contributed by atoms with Gasteiger partial charge in [-0.15, -0.1) is 11.8 Å². The number of nitrogens with one attached hydrogen (secondary N) is 1. The predicted octanol–water partition coefficient (Wildman–Crippen LogP) is 1.77. The lowest BCUT2D eigenvalue weighted by atomic mass is 10.2. The van der Waals surface area contributed by atoms with Crippen LogP contribution in [-0.4, -0.2) is 27.9 Å². The Labute approximate surface area is 125 Å². The van der Waals surface area contributed by atoms with Crippen LogP contribution in [0.4, 0.5) is 10.1 Å². The summed E-state index contributed by atoms with van der Waals surface area (Å²) in [6, 6.07) is 8.16. The average molecular weight is 307 g/mol. The van der Waals surface area contributed by atoms with Crippen LogP contribution in [0.1, 0.15) is 0 Å². The van der Waals surface area contributed by atoms with Crippen molar-refractivity contribution in [1.29, 1.82) is 0 Å². The van der Waals surface area contributed by atoms with E-state index in [1.54, 1.807) is 16.7 Å². The van der Waals surface area contributed by atoms with Gasteiger partial charge >= 0.3 is 0 Å². The van der Waals surface area contributed by atoms with Crippen molar-refractivity contribution in [3.8, 4) is 5.69 Å². The molecule has 3 N–H and O–H groups in total. The topological polar surface area (TPSA) is 77.1 Å². The van der Waals surface area contributed by atoms with Gasteiger partial charge in [0.1, 0.15) is 5.82 Å². The number of primary amides is 1. The number of nitrogens with zero attached hydrogens (tertiary/aromatic N) is 1. The second kappa shape index (κ2) is 6.94. The number of anilines is 1. The minimum atomic E-state index is -0.515. The van der Waals surface area contributed by atoms with E-state index in [9.17, 15) is 14.0 Å². The molecule has 0 bridgehead atoms. The van der Waals surface area contributed by atoms with Crippen LogP contribution in [0.25, 0.3) is 5.69 Å². The van der Waals surface area contributed by atoms with Gasteiger partial charge in [-0.3, -0.25) is 9.59 Å². The van der Waals surface area contributed by atoms with Crippen LogP contribution in [0, 0.1) is 5.82 Å². The summed E-state index contributed by atoms with van der Waals surface area (Å²) in [6.45, 7) is 0. The number of hydrogen-bond acceptors (Lipinski definition) is 3. The summed E-state index contributed by atoms with van der Waals surface area (Å²) < 4.78 is 15.5. The molecule has 0 aliphatic heterocycles. The molecule has 110 valence electrons. The Kier molecular flexibility index (Phi) is 4.99. The van der Waals surface area contributed by atoms with E-state index in [0.29, 0.717) is 0 Å². The van der Waals surface area contributed by atoms with Crippen LogP contribution in [0.5, 0.6) is 0 Å². The normalized spacial score (nSPS) is 10.3. The third-order valence-corrected chi connectivity index (χ3v) is 3.56. The Balaban J connectivity index is 2.04. The van der Waals surface area contributed by atoms with Crippen LogP contribution in [0.2, 0.25) is 0 Å². The van der Waals surface area contributed by atoms with Crippen molar-refractivity contribution in [2.75, 3.05) is 16.8 Å². The molecular formula is C14H14FN3O2S. The van der Waals surface area contributed by atoms with E-state index in [4.69, 9.17) is 5.73 Å². The second-order valence-corrected chi connectivity index (χ2v) is 5.25. The summed E-state index contributed by atoms with van der Waals surface area (Å²) in [6.07, 6.45) is 3.64.